The van der Waals surface area contributed by atoms with E-state index in [0.29, 0.717) is 23.3 Å². The third-order valence-corrected chi connectivity index (χ3v) is 6.47. The van der Waals surface area contributed by atoms with Gasteiger partial charge in [-0.15, -0.1) is 0 Å². The van der Waals surface area contributed by atoms with E-state index < -0.39 is 46.5 Å². The molecule has 2 nitrogen and oxygen atoms in total. The van der Waals surface area contributed by atoms with Gasteiger partial charge in [0.2, 0.25) is 0 Å². The summed E-state index contributed by atoms with van der Waals surface area (Å²) >= 11 is 0. The molecule has 0 aromatic heterocycles. The Bertz CT molecular complexity index is 1510. The highest BCUT2D eigenvalue weighted by Crippen LogP contribution is 2.28. The van der Waals surface area contributed by atoms with Gasteiger partial charge in [-0.2, -0.15) is 13.2 Å². The number of benzene rings is 4. The van der Waals surface area contributed by atoms with Crippen molar-refractivity contribution in [3.63, 3.8) is 0 Å². The SMILES string of the molecule is CCCCCc1ccc(-c2ccc(-c3ccc(C(=O)Oc4cc(F)c(C=CC(F)(F)F)c(F)c4)c(F)c3)cc2)cc1. The second-order valence-corrected chi connectivity index (χ2v) is 9.49. The van der Waals surface area contributed by atoms with E-state index in [2.05, 4.69) is 31.2 Å². The van der Waals surface area contributed by atoms with Gasteiger partial charge in [0.15, 0.2) is 0 Å². The monoisotopic (exact) mass is 568 g/mol. The van der Waals surface area contributed by atoms with E-state index >= 15 is 0 Å². The van der Waals surface area contributed by atoms with Crippen LogP contribution in [0.2, 0.25) is 0 Å². The molecule has 0 N–H and O–H groups in total. The average Bonchev–Trinajstić information content (AvgIpc) is 2.92. The van der Waals surface area contributed by atoms with E-state index in [-0.39, 0.29) is 12.2 Å². The number of unbranched alkanes of at least 4 members (excludes halogenated alkanes) is 2. The number of halogens is 6. The first-order valence-electron chi connectivity index (χ1n) is 13.0. The largest absolute Gasteiger partial charge is 0.423 e. The molecule has 4 aromatic carbocycles. The number of hydrogen-bond acceptors (Lipinski definition) is 2. The second-order valence-electron chi connectivity index (χ2n) is 9.49. The standard InChI is InChI=1S/C33H26F6O2/c1-2-3-4-5-21-6-8-22(9-7-21)23-10-12-24(13-11-23)25-14-15-28(29(34)18-25)32(40)41-26-19-30(35)27(31(36)20-26)16-17-33(37,38)39/h6-20H,2-5H2,1H3. The predicted octanol–water partition coefficient (Wildman–Crippen LogP) is 9.97. The highest BCUT2D eigenvalue weighted by molar-refractivity contribution is 5.92. The summed E-state index contributed by atoms with van der Waals surface area (Å²) in [5.74, 6) is -5.52. The van der Waals surface area contributed by atoms with Gasteiger partial charge in [-0.1, -0.05) is 74.4 Å². The first-order chi connectivity index (χ1) is 19.5. The molecule has 41 heavy (non-hydrogen) atoms. The second kappa shape index (κ2) is 12.9. The Kier molecular flexibility index (Phi) is 9.32. The molecule has 0 amide bonds. The van der Waals surface area contributed by atoms with Crippen molar-refractivity contribution in [2.45, 2.75) is 38.8 Å². The number of carbonyl (C=O) groups is 1. The normalized spacial score (nSPS) is 11.7. The number of rotatable bonds is 9. The molecule has 4 aromatic rings. The Morgan fingerprint density at radius 3 is 1.80 bits per heavy atom. The summed E-state index contributed by atoms with van der Waals surface area (Å²) in [5, 5.41) is 0. The van der Waals surface area contributed by atoms with Crippen LogP contribution in [-0.4, -0.2) is 12.1 Å². The maximum absolute atomic E-state index is 14.9. The molecule has 0 unspecified atom stereocenters. The average molecular weight is 569 g/mol. The molecule has 0 spiro atoms. The molecule has 0 atom stereocenters. The van der Waals surface area contributed by atoms with Crippen molar-refractivity contribution in [2.24, 2.45) is 0 Å². The molecule has 0 fully saturated rings. The summed E-state index contributed by atoms with van der Waals surface area (Å²) < 4.78 is 85.0. The lowest BCUT2D eigenvalue weighted by atomic mass is 9.98. The van der Waals surface area contributed by atoms with Crippen molar-refractivity contribution in [3.05, 3.63) is 119 Å². The maximum atomic E-state index is 14.9. The molecular formula is C33H26F6O2. The molecule has 212 valence electrons. The fourth-order valence-electron chi connectivity index (χ4n) is 4.28. The smallest absolute Gasteiger partial charge is 0.409 e. The van der Waals surface area contributed by atoms with Gasteiger partial charge in [0, 0.05) is 23.8 Å². The predicted molar refractivity (Wildman–Crippen MR) is 147 cm³/mol. The van der Waals surface area contributed by atoms with Crippen molar-refractivity contribution in [2.75, 3.05) is 0 Å². The molecule has 4 rings (SSSR count). The first kappa shape index (κ1) is 29.6. The molecule has 0 heterocycles. The van der Waals surface area contributed by atoms with Gasteiger partial charge in [-0.3, -0.25) is 0 Å². The number of esters is 1. The van der Waals surface area contributed by atoms with Crippen molar-refractivity contribution in [3.8, 4) is 28.0 Å². The number of ether oxygens (including phenoxy) is 1. The molecular weight excluding hydrogens is 542 g/mol. The summed E-state index contributed by atoms with van der Waals surface area (Å²) in [6.45, 7) is 2.17. The van der Waals surface area contributed by atoms with Crippen LogP contribution in [0.3, 0.4) is 0 Å². The highest BCUT2D eigenvalue weighted by Gasteiger charge is 2.23. The fourth-order valence-corrected chi connectivity index (χ4v) is 4.28. The van der Waals surface area contributed by atoms with Crippen LogP contribution in [0.15, 0.2) is 84.9 Å². The molecule has 0 aliphatic carbocycles. The molecule has 0 saturated carbocycles. The molecule has 0 saturated heterocycles. The van der Waals surface area contributed by atoms with Crippen LogP contribution in [0.5, 0.6) is 5.75 Å². The van der Waals surface area contributed by atoms with Crippen LogP contribution in [0.4, 0.5) is 26.3 Å². The summed E-state index contributed by atoms with van der Waals surface area (Å²) in [5.41, 5.74) is 3.10. The van der Waals surface area contributed by atoms with Gasteiger partial charge < -0.3 is 4.74 Å². The zero-order valence-electron chi connectivity index (χ0n) is 22.1. The Hall–Kier alpha value is -4.33. The lowest BCUT2D eigenvalue weighted by Gasteiger charge is -2.10. The third-order valence-electron chi connectivity index (χ3n) is 6.47. The van der Waals surface area contributed by atoms with Crippen LogP contribution in [0.25, 0.3) is 28.3 Å². The van der Waals surface area contributed by atoms with E-state index in [1.165, 1.54) is 30.5 Å². The molecule has 0 radical (unpaired) electrons. The third kappa shape index (κ3) is 7.87. The first-order valence-corrected chi connectivity index (χ1v) is 13.0. The topological polar surface area (TPSA) is 26.3 Å². The van der Waals surface area contributed by atoms with Gasteiger partial charge in [-0.25, -0.2) is 18.0 Å². The lowest BCUT2D eigenvalue weighted by molar-refractivity contribution is -0.0790. The summed E-state index contributed by atoms with van der Waals surface area (Å²) in [6, 6.07) is 20.8. The fraction of sp³-hybridized carbons (Fsp3) is 0.182. The summed E-state index contributed by atoms with van der Waals surface area (Å²) in [7, 11) is 0. The van der Waals surface area contributed by atoms with Crippen molar-refractivity contribution < 1.29 is 35.9 Å². The van der Waals surface area contributed by atoms with Gasteiger partial charge in [-0.05, 0) is 58.9 Å². The van der Waals surface area contributed by atoms with Crippen molar-refractivity contribution in [1.29, 1.82) is 0 Å². The maximum Gasteiger partial charge on any atom is 0.409 e. The van der Waals surface area contributed by atoms with Crippen LogP contribution < -0.4 is 4.74 Å². The Morgan fingerprint density at radius 2 is 1.27 bits per heavy atom. The van der Waals surface area contributed by atoms with E-state index in [4.69, 9.17) is 4.74 Å². The zero-order chi connectivity index (χ0) is 29.6. The molecule has 8 heteroatoms. The van der Waals surface area contributed by atoms with Gasteiger partial charge in [0.25, 0.3) is 0 Å². The van der Waals surface area contributed by atoms with Crippen LogP contribution in [-0.2, 0) is 6.42 Å². The number of carbonyl (C=O) groups excluding carboxylic acids is 1. The van der Waals surface area contributed by atoms with Gasteiger partial charge >= 0.3 is 12.1 Å². The van der Waals surface area contributed by atoms with Crippen molar-refractivity contribution in [1.82, 2.24) is 0 Å². The molecule has 0 bridgehead atoms. The van der Waals surface area contributed by atoms with Crippen LogP contribution >= 0.6 is 0 Å². The molecule has 0 aliphatic rings. The van der Waals surface area contributed by atoms with Gasteiger partial charge in [0.1, 0.15) is 23.2 Å². The summed E-state index contributed by atoms with van der Waals surface area (Å²) in [6.07, 6.45) is -0.275. The number of alkyl halides is 3. The van der Waals surface area contributed by atoms with Crippen molar-refractivity contribution >= 4 is 12.0 Å². The van der Waals surface area contributed by atoms with Gasteiger partial charge in [0.05, 0.1) is 5.56 Å². The Labute approximate surface area is 233 Å². The number of allylic oxidation sites excluding steroid dienone is 1. The molecule has 0 aliphatic heterocycles. The zero-order valence-corrected chi connectivity index (χ0v) is 22.1. The van der Waals surface area contributed by atoms with E-state index in [1.807, 2.05) is 24.3 Å². The Balaban J connectivity index is 1.45. The van der Waals surface area contributed by atoms with Crippen LogP contribution in [0, 0.1) is 17.5 Å². The minimum absolute atomic E-state index is 0.229. The lowest BCUT2D eigenvalue weighted by Crippen LogP contribution is -2.11. The number of hydrogen-bond donors (Lipinski definition) is 0. The van der Waals surface area contributed by atoms with E-state index in [1.54, 1.807) is 0 Å². The summed E-state index contributed by atoms with van der Waals surface area (Å²) in [4.78, 5) is 12.5. The van der Waals surface area contributed by atoms with E-state index in [9.17, 15) is 31.1 Å². The number of aryl methyl sites for hydroxylation is 1. The van der Waals surface area contributed by atoms with Crippen LogP contribution in [0.1, 0.15) is 47.7 Å². The minimum atomic E-state index is -4.77. The Morgan fingerprint density at radius 1 is 0.732 bits per heavy atom. The quantitative estimate of drug-likeness (QED) is 0.0869. The van der Waals surface area contributed by atoms with E-state index in [0.717, 1.165) is 30.0 Å². The highest BCUT2D eigenvalue weighted by atomic mass is 19.4. The minimum Gasteiger partial charge on any atom is -0.423 e.